The van der Waals surface area contributed by atoms with Crippen LogP contribution in [0.15, 0.2) is 0 Å². The van der Waals surface area contributed by atoms with Crippen LogP contribution in [0.25, 0.3) is 0 Å². The maximum atomic E-state index is 11.0. The minimum absolute atomic E-state index is 0.368. The van der Waals surface area contributed by atoms with E-state index in [4.69, 9.17) is 0 Å². The summed E-state index contributed by atoms with van der Waals surface area (Å²) in [6, 6.07) is 0. The SMILES string of the molecule is O=C([CH2][Zn])N1CCCC1. The fourth-order valence-corrected chi connectivity index (χ4v) is 1.79. The van der Waals surface area contributed by atoms with Crippen molar-refractivity contribution >= 4 is 5.91 Å². The Balaban J connectivity index is 2.32. The zero-order chi connectivity index (χ0) is 6.69. The summed E-state index contributed by atoms with van der Waals surface area (Å²) in [7, 11) is 0. The van der Waals surface area contributed by atoms with Crippen LogP contribution in [0.1, 0.15) is 12.8 Å². The summed E-state index contributed by atoms with van der Waals surface area (Å²) in [5, 5.41) is 0.792. The zero-order valence-electron chi connectivity index (χ0n) is 5.60. The van der Waals surface area contributed by atoms with E-state index in [2.05, 4.69) is 0 Å². The van der Waals surface area contributed by atoms with Crippen molar-refractivity contribution in [1.29, 1.82) is 0 Å². The van der Waals surface area contributed by atoms with Crippen LogP contribution in [-0.2, 0) is 23.1 Å². The van der Waals surface area contributed by atoms with Gasteiger partial charge in [-0.1, -0.05) is 0 Å². The predicted octanol–water partition coefficient (Wildman–Crippen LogP) is 0.574. The van der Waals surface area contributed by atoms with Gasteiger partial charge in [0, 0.05) is 0 Å². The molecular formula is C6H10NOZn. The Labute approximate surface area is 65.3 Å². The van der Waals surface area contributed by atoms with Gasteiger partial charge in [0.25, 0.3) is 0 Å². The Morgan fingerprint density at radius 3 is 2.44 bits per heavy atom. The molecule has 0 unspecified atom stereocenters. The van der Waals surface area contributed by atoms with Crippen molar-refractivity contribution < 1.29 is 23.1 Å². The molecule has 1 aliphatic heterocycles. The van der Waals surface area contributed by atoms with Crippen molar-refractivity contribution in [2.24, 2.45) is 0 Å². The van der Waals surface area contributed by atoms with Crippen molar-refractivity contribution in [1.82, 2.24) is 4.90 Å². The molecule has 0 saturated carbocycles. The fraction of sp³-hybridized carbons (Fsp3) is 0.833. The van der Waals surface area contributed by atoms with E-state index in [-0.39, 0.29) is 0 Å². The number of amides is 1. The van der Waals surface area contributed by atoms with Crippen LogP contribution in [0.2, 0.25) is 5.02 Å². The second kappa shape index (κ2) is 3.31. The van der Waals surface area contributed by atoms with Crippen molar-refractivity contribution in [3.05, 3.63) is 0 Å². The topological polar surface area (TPSA) is 20.3 Å². The van der Waals surface area contributed by atoms with Crippen LogP contribution in [0.5, 0.6) is 0 Å². The van der Waals surface area contributed by atoms with Gasteiger partial charge in [-0.2, -0.15) is 0 Å². The molecule has 2 nitrogen and oxygen atoms in total. The van der Waals surface area contributed by atoms with Gasteiger partial charge in [0.1, 0.15) is 0 Å². The Morgan fingerprint density at radius 1 is 1.44 bits per heavy atom. The molecule has 0 N–H and O–H groups in total. The van der Waals surface area contributed by atoms with E-state index >= 15 is 0 Å². The van der Waals surface area contributed by atoms with Gasteiger partial charge in [-0.05, 0) is 0 Å². The third-order valence-electron chi connectivity index (χ3n) is 1.67. The first kappa shape index (κ1) is 7.20. The average Bonchev–Trinajstić information content (AvgIpc) is 2.37. The number of hydrogen-bond donors (Lipinski definition) is 0. The van der Waals surface area contributed by atoms with Gasteiger partial charge in [0.2, 0.25) is 0 Å². The molecule has 1 rings (SSSR count). The van der Waals surface area contributed by atoms with Crippen LogP contribution >= 0.6 is 0 Å². The second-order valence-electron chi connectivity index (χ2n) is 2.34. The van der Waals surface area contributed by atoms with Crippen LogP contribution < -0.4 is 0 Å². The van der Waals surface area contributed by atoms with E-state index in [1.807, 2.05) is 4.90 Å². The van der Waals surface area contributed by atoms with E-state index in [1.165, 1.54) is 12.8 Å². The molecule has 3 heteroatoms. The summed E-state index contributed by atoms with van der Waals surface area (Å²) < 4.78 is 0. The van der Waals surface area contributed by atoms with Gasteiger partial charge in [-0.15, -0.1) is 0 Å². The van der Waals surface area contributed by atoms with Crippen molar-refractivity contribution in [3.8, 4) is 0 Å². The first-order chi connectivity index (χ1) is 4.34. The van der Waals surface area contributed by atoms with Crippen molar-refractivity contribution in [3.63, 3.8) is 0 Å². The molecule has 0 radical (unpaired) electrons. The molecule has 0 aromatic carbocycles. The quantitative estimate of drug-likeness (QED) is 0.537. The standard InChI is InChI=1S/C6H10NO.Zn/c1-6(8)7-4-2-3-5-7;/h1-5H2;. The summed E-state index contributed by atoms with van der Waals surface area (Å²) in [6.45, 7) is 2.03. The first-order valence-corrected chi connectivity index (χ1v) is 5.51. The summed E-state index contributed by atoms with van der Waals surface area (Å²) in [5.74, 6) is 0.368. The van der Waals surface area contributed by atoms with Crippen LogP contribution in [0.4, 0.5) is 0 Å². The van der Waals surface area contributed by atoms with Gasteiger partial charge in [0.15, 0.2) is 0 Å². The van der Waals surface area contributed by atoms with E-state index < -0.39 is 0 Å². The van der Waals surface area contributed by atoms with Crippen molar-refractivity contribution in [2.45, 2.75) is 17.9 Å². The monoisotopic (exact) mass is 176 g/mol. The number of likely N-dealkylation sites (tertiary alicyclic amines) is 1. The number of nitrogens with zero attached hydrogens (tertiary/aromatic N) is 1. The second-order valence-corrected chi connectivity index (χ2v) is 3.39. The summed E-state index contributed by atoms with van der Waals surface area (Å²) in [4.78, 5) is 12.9. The molecule has 1 aliphatic rings. The minimum atomic E-state index is 0.368. The molecule has 0 spiro atoms. The molecule has 0 aromatic rings. The molecule has 1 fully saturated rings. The molecular weight excluding hydrogens is 167 g/mol. The molecule has 9 heavy (non-hydrogen) atoms. The molecule has 1 saturated heterocycles. The molecule has 0 bridgehead atoms. The molecule has 1 heterocycles. The zero-order valence-corrected chi connectivity index (χ0v) is 8.57. The summed E-state index contributed by atoms with van der Waals surface area (Å²) in [5.41, 5.74) is 0. The number of rotatable bonds is 1. The van der Waals surface area contributed by atoms with Gasteiger partial charge in [-0.3, -0.25) is 0 Å². The molecule has 0 aromatic heterocycles. The molecule has 47 valence electrons. The Morgan fingerprint density at radius 2 is 2.00 bits per heavy atom. The van der Waals surface area contributed by atoms with Crippen LogP contribution in [0, 0.1) is 0 Å². The third-order valence-corrected chi connectivity index (χ3v) is 2.57. The van der Waals surface area contributed by atoms with E-state index in [1.54, 1.807) is 0 Å². The predicted molar refractivity (Wildman–Crippen MR) is 30.6 cm³/mol. The Hall–Kier alpha value is 0.0934. The fourth-order valence-electron chi connectivity index (χ4n) is 1.12. The first-order valence-electron chi connectivity index (χ1n) is 3.41. The number of carbonyl (C=O) groups excluding carboxylic acids is 1. The van der Waals surface area contributed by atoms with Gasteiger partial charge >= 0.3 is 64.9 Å². The van der Waals surface area contributed by atoms with Crippen molar-refractivity contribution in [2.75, 3.05) is 13.1 Å². The van der Waals surface area contributed by atoms with Crippen LogP contribution in [0.3, 0.4) is 0 Å². The molecule has 1 amide bonds. The van der Waals surface area contributed by atoms with Gasteiger partial charge in [-0.25, -0.2) is 0 Å². The Kier molecular flexibility index (Phi) is 2.65. The molecule has 0 atom stereocenters. The third kappa shape index (κ3) is 1.75. The van der Waals surface area contributed by atoms with E-state index in [9.17, 15) is 4.79 Å². The van der Waals surface area contributed by atoms with Gasteiger partial charge in [0.05, 0.1) is 0 Å². The summed E-state index contributed by atoms with van der Waals surface area (Å²) in [6.07, 6.45) is 2.43. The van der Waals surface area contributed by atoms with E-state index in [0.717, 1.165) is 36.4 Å². The van der Waals surface area contributed by atoms with Gasteiger partial charge < -0.3 is 0 Å². The maximum absolute atomic E-state index is 11.0. The van der Waals surface area contributed by atoms with E-state index in [0.29, 0.717) is 5.91 Å². The average molecular weight is 178 g/mol. The normalized spacial score (nSPS) is 18.7. The summed E-state index contributed by atoms with van der Waals surface area (Å²) >= 11 is 1.11. The number of carbonyl (C=O) groups is 1. The number of hydrogen-bond acceptors (Lipinski definition) is 1. The Bertz CT molecular complexity index is 110. The molecule has 0 aliphatic carbocycles. The van der Waals surface area contributed by atoms with Crippen LogP contribution in [-0.4, -0.2) is 23.9 Å².